The molecule has 8 heteroatoms. The minimum absolute atomic E-state index is 0.647. The number of hydrogen-bond donors (Lipinski definition) is 0. The van der Waals surface area contributed by atoms with Gasteiger partial charge in [-0.3, -0.25) is 0 Å². The Labute approximate surface area is 597 Å². The molecule has 0 saturated carbocycles. The molecule has 0 saturated heterocycles. The second-order valence-electron chi connectivity index (χ2n) is 26.8. The van der Waals surface area contributed by atoms with Crippen LogP contribution in [0.15, 0.2) is 334 Å². The number of benzene rings is 15. The third-order valence-electron chi connectivity index (χ3n) is 21.1. The highest BCUT2D eigenvalue weighted by molar-refractivity contribution is 7.26. The van der Waals surface area contributed by atoms with Gasteiger partial charge in [0.15, 0.2) is 5.82 Å². The Hall–Kier alpha value is -12.6. The number of aromatic nitrogens is 5. The van der Waals surface area contributed by atoms with Gasteiger partial charge < -0.3 is 13.7 Å². The van der Waals surface area contributed by atoms with Crippen LogP contribution in [0.1, 0.15) is 0 Å². The van der Waals surface area contributed by atoms with E-state index < -0.39 is 0 Å². The average Bonchev–Trinajstić information content (AvgIpc) is 1.60. The Morgan fingerprint density at radius 3 is 0.912 bits per heavy atom. The highest BCUT2D eigenvalue weighted by Crippen LogP contribution is 2.45. The molecule has 22 aromatic rings. The molecule has 0 radical (unpaired) electrons. The van der Waals surface area contributed by atoms with Crippen LogP contribution >= 0.6 is 34.0 Å². The summed E-state index contributed by atoms with van der Waals surface area (Å²) in [5.74, 6) is 0.647. The van der Waals surface area contributed by atoms with Crippen LogP contribution in [0.3, 0.4) is 0 Å². The van der Waals surface area contributed by atoms with E-state index in [-0.39, 0.29) is 0 Å². The smallest absolute Gasteiger partial charge is 0.160 e. The average molecular weight is 1350 g/mol. The van der Waals surface area contributed by atoms with E-state index in [2.05, 4.69) is 347 Å². The van der Waals surface area contributed by atoms with Crippen LogP contribution in [0.2, 0.25) is 0 Å². The molecule has 0 atom stereocenters. The van der Waals surface area contributed by atoms with Gasteiger partial charge in [-0.05, 0) is 179 Å². The predicted molar refractivity (Wildman–Crippen MR) is 436 cm³/mol. The third-order valence-corrected chi connectivity index (χ3v) is 24.5. The number of hydrogen-bond acceptors (Lipinski definition) is 5. The molecule has 22 rings (SSSR count). The Morgan fingerprint density at radius 1 is 0.176 bits per heavy atom. The fourth-order valence-corrected chi connectivity index (χ4v) is 19.7. The topological polar surface area (TPSA) is 40.6 Å². The molecule has 7 aromatic heterocycles. The zero-order chi connectivity index (χ0) is 66.7. The summed E-state index contributed by atoms with van der Waals surface area (Å²) >= 11 is 5.59. The maximum Gasteiger partial charge on any atom is 0.160 e. The molecule has 0 N–H and O–H groups in total. The first-order chi connectivity index (χ1) is 50.5. The largest absolute Gasteiger partial charge is 0.309 e. The first kappa shape index (κ1) is 57.4. The summed E-state index contributed by atoms with van der Waals surface area (Å²) in [7, 11) is 0. The van der Waals surface area contributed by atoms with Crippen molar-refractivity contribution in [2.75, 3.05) is 0 Å². The molecule has 0 amide bonds. The minimum Gasteiger partial charge on any atom is -0.309 e. The van der Waals surface area contributed by atoms with Crippen molar-refractivity contribution in [3.05, 3.63) is 334 Å². The van der Waals surface area contributed by atoms with Gasteiger partial charge in [0.1, 0.15) is 0 Å². The lowest BCUT2D eigenvalue weighted by Gasteiger charge is -2.14. The molecule has 15 aromatic carbocycles. The number of rotatable bonds is 9. The number of nitrogens with zero attached hydrogens (tertiary/aromatic N) is 5. The molecular weight excluding hydrogens is 1300 g/mol. The molecule has 0 bridgehead atoms. The zero-order valence-corrected chi connectivity index (χ0v) is 57.2. The Morgan fingerprint density at radius 2 is 0.490 bits per heavy atom. The van der Waals surface area contributed by atoms with Gasteiger partial charge in [-0.25, -0.2) is 9.97 Å². The molecule has 5 nitrogen and oxygen atoms in total. The van der Waals surface area contributed by atoms with Gasteiger partial charge >= 0.3 is 0 Å². The van der Waals surface area contributed by atoms with Gasteiger partial charge in [-0.2, -0.15) is 0 Å². The van der Waals surface area contributed by atoms with Crippen molar-refractivity contribution in [3.8, 4) is 84.3 Å². The molecule has 7 heterocycles. The third kappa shape index (κ3) is 9.00. The molecule has 0 unspecified atom stereocenters. The van der Waals surface area contributed by atoms with Gasteiger partial charge in [0, 0.05) is 127 Å². The van der Waals surface area contributed by atoms with Crippen LogP contribution in [-0.2, 0) is 0 Å². The van der Waals surface area contributed by atoms with Gasteiger partial charge in [-0.15, -0.1) is 34.0 Å². The molecule has 102 heavy (non-hydrogen) atoms. The monoisotopic (exact) mass is 1350 g/mol. The first-order valence-electron chi connectivity index (χ1n) is 34.6. The zero-order valence-electron chi connectivity index (χ0n) is 54.7. The number of para-hydroxylation sites is 3. The fraction of sp³-hybridized carbons (Fsp3) is 0. The summed E-state index contributed by atoms with van der Waals surface area (Å²) in [6, 6.07) is 123. The Bertz CT molecular complexity index is 6960. The minimum atomic E-state index is 0.647. The highest BCUT2D eigenvalue weighted by Gasteiger charge is 2.21. The maximum absolute atomic E-state index is 5.54. The van der Waals surface area contributed by atoms with E-state index in [1.807, 2.05) is 34.0 Å². The van der Waals surface area contributed by atoms with Crippen molar-refractivity contribution in [3.63, 3.8) is 0 Å². The van der Waals surface area contributed by atoms with E-state index in [1.54, 1.807) is 0 Å². The summed E-state index contributed by atoms with van der Waals surface area (Å²) < 4.78 is 15.1. The van der Waals surface area contributed by atoms with Gasteiger partial charge in [0.2, 0.25) is 0 Å². The van der Waals surface area contributed by atoms with Crippen molar-refractivity contribution < 1.29 is 0 Å². The lowest BCUT2D eigenvalue weighted by atomic mass is 10.0. The molecule has 0 fully saturated rings. The Kier molecular flexibility index (Phi) is 12.6. The number of fused-ring (bicyclic) bond motifs is 18. The van der Waals surface area contributed by atoms with E-state index in [0.29, 0.717) is 5.82 Å². The fourth-order valence-electron chi connectivity index (χ4n) is 16.2. The molecule has 0 aliphatic heterocycles. The van der Waals surface area contributed by atoms with Gasteiger partial charge in [0.25, 0.3) is 0 Å². The summed E-state index contributed by atoms with van der Waals surface area (Å²) in [6.45, 7) is 0. The van der Waals surface area contributed by atoms with Crippen LogP contribution in [-0.4, -0.2) is 23.7 Å². The quantitative estimate of drug-likeness (QED) is 0.144. The van der Waals surface area contributed by atoms with Crippen molar-refractivity contribution in [1.29, 1.82) is 0 Å². The maximum atomic E-state index is 5.54. The molecule has 474 valence electrons. The van der Waals surface area contributed by atoms with Crippen molar-refractivity contribution >= 4 is 160 Å². The summed E-state index contributed by atoms with van der Waals surface area (Å²) in [4.78, 5) is 11.1. The van der Waals surface area contributed by atoms with E-state index >= 15 is 0 Å². The molecule has 0 spiro atoms. The van der Waals surface area contributed by atoms with Crippen LogP contribution in [0, 0.1) is 0 Å². The van der Waals surface area contributed by atoms with E-state index in [1.165, 1.54) is 126 Å². The Balaban J connectivity index is 0.652. The second-order valence-corrected chi connectivity index (χ2v) is 30.0. The SMILES string of the molecule is c1cc(-c2cc(-c3ccc(-n4c5ccccc5c5cc(-c6ccc7c(c6)sc6ccccc67)ccc54)cc3)nc(-c3ccc(-n4c5ccccc5c5cc(-c6ccc7c(c6)sc6ccccc67)ccc54)cc3)n2)cc(-n2c3ccccc3c3cc(-c4ccc5c(c4)sc4ccccc45)ccc32)c1. The number of thiophene rings is 3. The summed E-state index contributed by atoms with van der Waals surface area (Å²) in [6.07, 6.45) is 0. The van der Waals surface area contributed by atoms with E-state index in [4.69, 9.17) is 9.97 Å². The van der Waals surface area contributed by atoms with Crippen LogP contribution in [0.25, 0.3) is 210 Å². The highest BCUT2D eigenvalue weighted by atomic mass is 32.1. The lowest BCUT2D eigenvalue weighted by Crippen LogP contribution is -1.99. The lowest BCUT2D eigenvalue weighted by molar-refractivity contribution is 1.15. The van der Waals surface area contributed by atoms with Gasteiger partial charge in [-0.1, -0.05) is 188 Å². The van der Waals surface area contributed by atoms with Crippen molar-refractivity contribution in [1.82, 2.24) is 23.7 Å². The summed E-state index contributed by atoms with van der Waals surface area (Å²) in [5, 5.41) is 15.2. The molecular formula is C94H55N5S3. The molecule has 0 aliphatic rings. The summed E-state index contributed by atoms with van der Waals surface area (Å²) in [5.41, 5.74) is 21.9. The van der Waals surface area contributed by atoms with Crippen LogP contribution < -0.4 is 0 Å². The molecule has 0 aliphatic carbocycles. The van der Waals surface area contributed by atoms with Crippen molar-refractivity contribution in [2.24, 2.45) is 0 Å². The first-order valence-corrected chi connectivity index (χ1v) is 37.0. The van der Waals surface area contributed by atoms with E-state index in [9.17, 15) is 0 Å². The normalized spacial score (nSPS) is 12.1. The van der Waals surface area contributed by atoms with Crippen molar-refractivity contribution in [2.45, 2.75) is 0 Å². The van der Waals surface area contributed by atoms with Gasteiger partial charge in [0.05, 0.1) is 44.5 Å². The standard InChI is InChI=1S/C94H55N5S3/c1-7-22-82-68(16-1)77-49-58(61-32-42-74-71-19-4-10-25-88(71)100-91(74)52-61)35-45-85(77)97(82)65-38-28-56(29-39-65)80-55-81(64-14-13-15-67(48-64)99-84-24-9-3-18-70(84)79-51-60(37-47-87(79)99)63-34-44-76-73-21-6-12-27-90(73)102-93(76)54-63)96-94(95-80)57-30-40-66(41-31-57)98-83-23-8-2-17-69(83)78-50-59(36-46-86(78)98)62-33-43-75-72-20-5-11-26-89(72)101-92(75)53-62/h1-55H. The second kappa shape index (κ2) is 22.5. The van der Waals surface area contributed by atoms with Crippen LogP contribution in [0.5, 0.6) is 0 Å². The van der Waals surface area contributed by atoms with Crippen LogP contribution in [0.4, 0.5) is 0 Å². The predicted octanol–water partition coefficient (Wildman–Crippen LogP) is 26.9. The van der Waals surface area contributed by atoms with E-state index in [0.717, 1.165) is 78.2 Å².